The van der Waals surface area contributed by atoms with E-state index in [9.17, 15) is 28.1 Å². The van der Waals surface area contributed by atoms with Crippen molar-refractivity contribution in [3.05, 3.63) is 32.8 Å². The Bertz CT molecular complexity index is 667. The fraction of sp³-hybridized carbons (Fsp3) is 0.500. The van der Waals surface area contributed by atoms with Crippen molar-refractivity contribution < 1.29 is 22.9 Å². The fourth-order valence-electron chi connectivity index (χ4n) is 2.78. The zero-order valence-corrected chi connectivity index (χ0v) is 13.4. The maximum atomic E-state index is 12.9. The van der Waals surface area contributed by atoms with Crippen LogP contribution in [0.4, 0.5) is 24.5 Å². The van der Waals surface area contributed by atoms with Crippen molar-refractivity contribution in [3.8, 4) is 0 Å². The highest BCUT2D eigenvalue weighted by atomic mass is 35.5. The number of nitro benzene ring substituents is 1. The second-order valence-electron chi connectivity index (χ2n) is 5.48. The highest BCUT2D eigenvalue weighted by Crippen LogP contribution is 2.42. The molecule has 1 unspecified atom stereocenters. The number of amides is 1. The van der Waals surface area contributed by atoms with E-state index in [-0.39, 0.29) is 24.1 Å². The van der Waals surface area contributed by atoms with Gasteiger partial charge in [-0.05, 0) is 18.9 Å². The summed E-state index contributed by atoms with van der Waals surface area (Å²) in [7, 11) is 1.48. The summed E-state index contributed by atoms with van der Waals surface area (Å²) in [4.78, 5) is 23.6. The van der Waals surface area contributed by atoms with Crippen LogP contribution < -0.4 is 10.2 Å². The lowest BCUT2D eigenvalue weighted by Crippen LogP contribution is -2.42. The minimum atomic E-state index is -4.78. The van der Waals surface area contributed by atoms with Crippen LogP contribution in [0.1, 0.15) is 18.4 Å². The van der Waals surface area contributed by atoms with Crippen LogP contribution in [0, 0.1) is 16.0 Å². The second kappa shape index (κ2) is 6.84. The van der Waals surface area contributed by atoms with Crippen LogP contribution in [0.5, 0.6) is 0 Å². The molecular formula is C14H15ClF3N3O3. The van der Waals surface area contributed by atoms with Crippen LogP contribution >= 0.6 is 11.6 Å². The van der Waals surface area contributed by atoms with Crippen LogP contribution in [0.2, 0.25) is 5.02 Å². The van der Waals surface area contributed by atoms with Gasteiger partial charge in [-0.1, -0.05) is 11.6 Å². The Labute approximate surface area is 140 Å². The molecule has 10 heteroatoms. The summed E-state index contributed by atoms with van der Waals surface area (Å²) in [6, 6.07) is 1.40. The number of hydrogen-bond acceptors (Lipinski definition) is 4. The first kappa shape index (κ1) is 18.3. The van der Waals surface area contributed by atoms with E-state index in [1.165, 1.54) is 11.9 Å². The van der Waals surface area contributed by atoms with Gasteiger partial charge < -0.3 is 10.2 Å². The van der Waals surface area contributed by atoms with Gasteiger partial charge in [0.1, 0.15) is 5.69 Å². The maximum absolute atomic E-state index is 12.9. The normalized spacial score (nSPS) is 18.4. The molecule has 1 fully saturated rings. The smallest absolute Gasteiger partial charge is 0.365 e. The molecule has 0 radical (unpaired) electrons. The Kier molecular flexibility index (Phi) is 5.22. The van der Waals surface area contributed by atoms with Crippen LogP contribution in [-0.2, 0) is 11.0 Å². The molecule has 0 aromatic heterocycles. The topological polar surface area (TPSA) is 75.5 Å². The minimum absolute atomic E-state index is 0.00777. The second-order valence-corrected chi connectivity index (χ2v) is 5.88. The Hall–Kier alpha value is -2.03. The molecule has 1 aromatic rings. The summed E-state index contributed by atoms with van der Waals surface area (Å²) in [6.45, 7) is 0.582. The van der Waals surface area contributed by atoms with Gasteiger partial charge in [-0.3, -0.25) is 14.9 Å². The molecule has 1 aromatic carbocycles. The number of carbonyl (C=O) groups excluding carboxylic acids is 1. The van der Waals surface area contributed by atoms with Crippen molar-refractivity contribution in [1.29, 1.82) is 0 Å². The molecule has 1 amide bonds. The number of anilines is 1. The number of piperidine rings is 1. The number of alkyl halides is 3. The van der Waals surface area contributed by atoms with Crippen LogP contribution in [0.3, 0.4) is 0 Å². The Morgan fingerprint density at radius 1 is 1.46 bits per heavy atom. The Morgan fingerprint density at radius 2 is 2.12 bits per heavy atom. The molecule has 24 heavy (non-hydrogen) atoms. The Balaban J connectivity index is 2.44. The van der Waals surface area contributed by atoms with Crippen molar-refractivity contribution in [3.63, 3.8) is 0 Å². The van der Waals surface area contributed by atoms with Crippen molar-refractivity contribution >= 4 is 28.9 Å². The van der Waals surface area contributed by atoms with E-state index in [1.807, 2.05) is 0 Å². The lowest BCUT2D eigenvalue weighted by molar-refractivity contribution is -0.384. The summed E-state index contributed by atoms with van der Waals surface area (Å²) in [5, 5.41) is 13.1. The Morgan fingerprint density at radius 3 is 2.67 bits per heavy atom. The molecule has 1 heterocycles. The summed E-state index contributed by atoms with van der Waals surface area (Å²) >= 11 is 5.69. The molecule has 0 saturated carbocycles. The number of carbonyl (C=O) groups is 1. The van der Waals surface area contributed by atoms with E-state index >= 15 is 0 Å². The third-order valence-corrected chi connectivity index (χ3v) is 4.26. The van der Waals surface area contributed by atoms with E-state index in [0.717, 1.165) is 6.07 Å². The number of nitrogens with one attached hydrogen (secondary N) is 1. The molecule has 1 aliphatic heterocycles. The van der Waals surface area contributed by atoms with Gasteiger partial charge in [-0.25, -0.2) is 0 Å². The van der Waals surface area contributed by atoms with E-state index < -0.39 is 27.4 Å². The third-order valence-electron chi connectivity index (χ3n) is 3.95. The molecule has 0 aliphatic carbocycles. The molecule has 6 nitrogen and oxygen atoms in total. The third kappa shape index (κ3) is 3.72. The van der Waals surface area contributed by atoms with E-state index in [4.69, 9.17) is 11.6 Å². The lowest BCUT2D eigenvalue weighted by atomic mass is 9.96. The molecule has 132 valence electrons. The average Bonchev–Trinajstić information content (AvgIpc) is 2.52. The summed E-state index contributed by atoms with van der Waals surface area (Å²) in [5.41, 5.74) is -1.93. The van der Waals surface area contributed by atoms with Crippen LogP contribution in [-0.4, -0.2) is 31.0 Å². The van der Waals surface area contributed by atoms with Gasteiger partial charge in [0.25, 0.3) is 5.69 Å². The largest absolute Gasteiger partial charge is 0.418 e. The number of benzene rings is 1. The van der Waals surface area contributed by atoms with Gasteiger partial charge >= 0.3 is 6.18 Å². The zero-order chi connectivity index (χ0) is 18.1. The summed E-state index contributed by atoms with van der Waals surface area (Å²) < 4.78 is 38.7. The van der Waals surface area contributed by atoms with Crippen molar-refractivity contribution in [2.24, 2.45) is 5.92 Å². The molecular weight excluding hydrogens is 351 g/mol. The number of hydrogen-bond donors (Lipinski definition) is 1. The quantitative estimate of drug-likeness (QED) is 0.659. The monoisotopic (exact) mass is 365 g/mol. The van der Waals surface area contributed by atoms with Gasteiger partial charge in [-0.15, -0.1) is 0 Å². The SMILES string of the molecule is CNC(=O)C1CCCN(c2cc(Cl)c(C(F)(F)F)cc2[N+](=O)[O-])C1. The molecule has 0 bridgehead atoms. The first-order chi connectivity index (χ1) is 11.1. The van der Waals surface area contributed by atoms with E-state index in [0.29, 0.717) is 25.5 Å². The lowest BCUT2D eigenvalue weighted by Gasteiger charge is -2.33. The summed E-state index contributed by atoms with van der Waals surface area (Å²) in [6.07, 6.45) is -3.58. The standard InChI is InChI=1S/C14H15ClF3N3O3/c1-19-13(22)8-3-2-4-20(7-8)11-6-10(15)9(14(16,17)18)5-12(11)21(23)24/h5-6,8H,2-4,7H2,1H3,(H,19,22). The molecule has 0 spiro atoms. The number of nitro groups is 1. The maximum Gasteiger partial charge on any atom is 0.418 e. The van der Waals surface area contributed by atoms with Crippen LogP contribution in [0.15, 0.2) is 12.1 Å². The highest BCUT2D eigenvalue weighted by molar-refractivity contribution is 6.31. The van der Waals surface area contributed by atoms with E-state index in [2.05, 4.69) is 5.32 Å². The average molecular weight is 366 g/mol. The van der Waals surface area contributed by atoms with Gasteiger partial charge in [-0.2, -0.15) is 13.2 Å². The highest BCUT2D eigenvalue weighted by Gasteiger charge is 2.37. The van der Waals surface area contributed by atoms with Crippen molar-refractivity contribution in [2.45, 2.75) is 19.0 Å². The van der Waals surface area contributed by atoms with Gasteiger partial charge in [0.2, 0.25) is 5.91 Å². The number of nitrogens with zero attached hydrogens (tertiary/aromatic N) is 2. The summed E-state index contributed by atoms with van der Waals surface area (Å²) in [5.74, 6) is -0.593. The first-order valence-electron chi connectivity index (χ1n) is 7.16. The van der Waals surface area contributed by atoms with Gasteiger partial charge in [0.15, 0.2) is 0 Å². The van der Waals surface area contributed by atoms with Gasteiger partial charge in [0, 0.05) is 26.2 Å². The fourth-order valence-corrected chi connectivity index (χ4v) is 3.05. The number of halogens is 4. The van der Waals surface area contributed by atoms with Crippen LogP contribution in [0.25, 0.3) is 0 Å². The minimum Gasteiger partial charge on any atom is -0.365 e. The zero-order valence-electron chi connectivity index (χ0n) is 12.7. The predicted molar refractivity (Wildman–Crippen MR) is 82.1 cm³/mol. The molecule has 1 saturated heterocycles. The van der Waals surface area contributed by atoms with E-state index in [1.54, 1.807) is 0 Å². The molecule has 1 aliphatic rings. The van der Waals surface area contributed by atoms with Crippen molar-refractivity contribution in [2.75, 3.05) is 25.0 Å². The number of rotatable bonds is 3. The van der Waals surface area contributed by atoms with Gasteiger partial charge in [0.05, 0.1) is 21.4 Å². The van der Waals surface area contributed by atoms with Crippen molar-refractivity contribution in [1.82, 2.24) is 5.32 Å². The molecule has 1 atom stereocenters. The molecule has 2 rings (SSSR count). The first-order valence-corrected chi connectivity index (χ1v) is 7.54. The molecule has 1 N–H and O–H groups in total. The predicted octanol–water partition coefficient (Wildman–Crippen LogP) is 3.23.